The van der Waals surface area contributed by atoms with Gasteiger partial charge in [-0.2, -0.15) is 0 Å². The number of ketones is 1. The molecular formula is C26H34N2O5. The molecule has 1 aromatic rings. The summed E-state index contributed by atoms with van der Waals surface area (Å²) in [5, 5.41) is 3.29. The lowest BCUT2D eigenvalue weighted by Crippen LogP contribution is -2.43. The first-order valence-corrected chi connectivity index (χ1v) is 11.4. The summed E-state index contributed by atoms with van der Waals surface area (Å²) in [4.78, 5) is 41.5. The standard InChI is InChI=1S/C26H34N2O5/c1-8-15(3)33-26(31)21-16(4)27-19-13-14(2)20(25(30)32-7)24(29)23(19)22(21)17-9-11-18(12-10-17)28(5)6/h9-12,14-15,20,22,27H,8,13H2,1-7H3/t14-,15-,20+,22-/m0/s1. The van der Waals surface area contributed by atoms with Crippen LogP contribution in [0.2, 0.25) is 0 Å². The normalized spacial score (nSPS) is 23.5. The second-order valence-corrected chi connectivity index (χ2v) is 9.15. The average Bonchev–Trinajstić information content (AvgIpc) is 2.77. The molecule has 0 fully saturated rings. The largest absolute Gasteiger partial charge is 0.468 e. The van der Waals surface area contributed by atoms with Gasteiger partial charge < -0.3 is 19.7 Å². The molecule has 3 rings (SSSR count). The molecule has 33 heavy (non-hydrogen) atoms. The molecule has 2 aliphatic rings. The monoisotopic (exact) mass is 454 g/mol. The Morgan fingerprint density at radius 2 is 1.85 bits per heavy atom. The summed E-state index contributed by atoms with van der Waals surface area (Å²) in [6.45, 7) is 7.50. The predicted octanol–water partition coefficient (Wildman–Crippen LogP) is 3.71. The van der Waals surface area contributed by atoms with Crippen molar-refractivity contribution >= 4 is 23.4 Å². The molecule has 0 spiro atoms. The van der Waals surface area contributed by atoms with Gasteiger partial charge in [0, 0.05) is 42.7 Å². The van der Waals surface area contributed by atoms with Gasteiger partial charge in [0.2, 0.25) is 0 Å². The van der Waals surface area contributed by atoms with Gasteiger partial charge >= 0.3 is 11.9 Å². The first-order chi connectivity index (χ1) is 15.6. The van der Waals surface area contributed by atoms with E-state index in [4.69, 9.17) is 9.47 Å². The molecule has 0 radical (unpaired) electrons. The Hall–Kier alpha value is -3.09. The van der Waals surface area contributed by atoms with E-state index in [0.717, 1.165) is 16.9 Å². The van der Waals surface area contributed by atoms with Crippen LogP contribution in [-0.4, -0.2) is 45.0 Å². The van der Waals surface area contributed by atoms with Crippen LogP contribution in [0.25, 0.3) is 0 Å². The number of allylic oxidation sites excluding steroid dienone is 3. The molecule has 1 aromatic carbocycles. The fourth-order valence-corrected chi connectivity index (χ4v) is 4.58. The second kappa shape index (κ2) is 9.81. The van der Waals surface area contributed by atoms with E-state index in [1.807, 2.05) is 71.0 Å². The predicted molar refractivity (Wildman–Crippen MR) is 127 cm³/mol. The smallest absolute Gasteiger partial charge is 0.337 e. The van der Waals surface area contributed by atoms with E-state index in [1.54, 1.807) is 0 Å². The van der Waals surface area contributed by atoms with Crippen LogP contribution < -0.4 is 10.2 Å². The Morgan fingerprint density at radius 1 is 1.21 bits per heavy atom. The molecule has 0 unspecified atom stereocenters. The van der Waals surface area contributed by atoms with Crippen LogP contribution in [0.4, 0.5) is 5.69 Å². The number of hydrogen-bond acceptors (Lipinski definition) is 7. The number of carbonyl (C=O) groups excluding carboxylic acids is 3. The molecule has 4 atom stereocenters. The van der Waals surface area contributed by atoms with Crippen molar-refractivity contribution in [2.75, 3.05) is 26.1 Å². The highest BCUT2D eigenvalue weighted by molar-refractivity contribution is 6.12. The highest BCUT2D eigenvalue weighted by Gasteiger charge is 2.47. The lowest BCUT2D eigenvalue weighted by atomic mass is 9.69. The minimum absolute atomic E-state index is 0.214. The van der Waals surface area contributed by atoms with Crippen LogP contribution >= 0.6 is 0 Å². The molecule has 1 heterocycles. The van der Waals surface area contributed by atoms with Crippen molar-refractivity contribution in [3.63, 3.8) is 0 Å². The van der Waals surface area contributed by atoms with Gasteiger partial charge in [-0.1, -0.05) is 26.0 Å². The van der Waals surface area contributed by atoms with Crippen LogP contribution in [0, 0.1) is 11.8 Å². The maximum absolute atomic E-state index is 13.7. The first kappa shape index (κ1) is 24.6. The molecular weight excluding hydrogens is 420 g/mol. The summed E-state index contributed by atoms with van der Waals surface area (Å²) in [7, 11) is 5.19. The number of Topliss-reactive ketones (excluding diaryl/α,β-unsaturated/α-hetero) is 1. The number of nitrogens with one attached hydrogen (secondary N) is 1. The summed E-state index contributed by atoms with van der Waals surface area (Å²) < 4.78 is 10.6. The molecule has 0 bridgehead atoms. The Balaban J connectivity index is 2.16. The third-order valence-corrected chi connectivity index (χ3v) is 6.59. The Bertz CT molecular complexity index is 1010. The molecule has 178 valence electrons. The van der Waals surface area contributed by atoms with Gasteiger partial charge in [0.25, 0.3) is 0 Å². The van der Waals surface area contributed by atoms with Crippen LogP contribution in [0.15, 0.2) is 46.8 Å². The molecule has 1 N–H and O–H groups in total. The highest BCUT2D eigenvalue weighted by Crippen LogP contribution is 2.45. The van der Waals surface area contributed by atoms with E-state index in [1.165, 1.54) is 7.11 Å². The molecule has 0 aromatic heterocycles. The number of hydrogen-bond donors (Lipinski definition) is 1. The number of carbonyl (C=O) groups is 3. The number of anilines is 1. The molecule has 1 aliphatic carbocycles. The fraction of sp³-hybridized carbons (Fsp3) is 0.500. The number of esters is 2. The van der Waals surface area contributed by atoms with Crippen molar-refractivity contribution in [1.82, 2.24) is 5.32 Å². The molecule has 0 amide bonds. The van der Waals surface area contributed by atoms with Gasteiger partial charge in [0.15, 0.2) is 5.78 Å². The van der Waals surface area contributed by atoms with Gasteiger partial charge in [-0.15, -0.1) is 0 Å². The van der Waals surface area contributed by atoms with Crippen molar-refractivity contribution in [2.45, 2.75) is 52.6 Å². The first-order valence-electron chi connectivity index (χ1n) is 11.4. The van der Waals surface area contributed by atoms with Gasteiger partial charge in [0.1, 0.15) is 5.92 Å². The van der Waals surface area contributed by atoms with Crippen LogP contribution in [-0.2, 0) is 23.9 Å². The molecule has 0 saturated carbocycles. The lowest BCUT2D eigenvalue weighted by Gasteiger charge is -2.38. The van der Waals surface area contributed by atoms with E-state index in [9.17, 15) is 14.4 Å². The summed E-state index contributed by atoms with van der Waals surface area (Å²) in [6, 6.07) is 7.77. The van der Waals surface area contributed by atoms with Crippen LogP contribution in [0.5, 0.6) is 0 Å². The molecule has 0 saturated heterocycles. The Kier molecular flexibility index (Phi) is 7.30. The van der Waals surface area contributed by atoms with Crippen molar-refractivity contribution < 1.29 is 23.9 Å². The number of methoxy groups -OCH3 is 1. The number of benzene rings is 1. The van der Waals surface area contributed by atoms with E-state index in [-0.39, 0.29) is 17.8 Å². The number of ether oxygens (including phenoxy) is 2. The van der Waals surface area contributed by atoms with E-state index < -0.39 is 23.8 Å². The van der Waals surface area contributed by atoms with Crippen molar-refractivity contribution in [3.8, 4) is 0 Å². The quantitative estimate of drug-likeness (QED) is 0.518. The SMILES string of the molecule is CC[C@H](C)OC(=O)C1=C(C)NC2=C(C(=O)[C@H](C(=O)OC)[C@@H](C)C2)[C@H]1c1ccc(N(C)C)cc1. The minimum Gasteiger partial charge on any atom is -0.468 e. The van der Waals surface area contributed by atoms with E-state index in [0.29, 0.717) is 29.7 Å². The summed E-state index contributed by atoms with van der Waals surface area (Å²) in [5.41, 5.74) is 4.08. The maximum atomic E-state index is 13.7. The molecule has 7 heteroatoms. The average molecular weight is 455 g/mol. The summed E-state index contributed by atoms with van der Waals surface area (Å²) in [5.74, 6) is -3.04. The molecule has 7 nitrogen and oxygen atoms in total. The van der Waals surface area contributed by atoms with Crippen molar-refractivity contribution in [1.29, 1.82) is 0 Å². The van der Waals surface area contributed by atoms with Crippen molar-refractivity contribution in [3.05, 3.63) is 52.4 Å². The number of rotatable bonds is 6. The number of dihydropyridines is 1. The Morgan fingerprint density at radius 3 is 2.39 bits per heavy atom. The highest BCUT2D eigenvalue weighted by atomic mass is 16.5. The van der Waals surface area contributed by atoms with Crippen LogP contribution in [0.3, 0.4) is 0 Å². The third kappa shape index (κ3) is 4.68. The zero-order valence-electron chi connectivity index (χ0n) is 20.5. The Labute approximate surface area is 195 Å². The van der Waals surface area contributed by atoms with Crippen LogP contribution in [0.1, 0.15) is 52.0 Å². The van der Waals surface area contributed by atoms with Gasteiger partial charge in [-0.05, 0) is 50.3 Å². The zero-order chi connectivity index (χ0) is 24.4. The summed E-state index contributed by atoms with van der Waals surface area (Å²) in [6.07, 6.45) is 0.940. The molecule has 1 aliphatic heterocycles. The summed E-state index contributed by atoms with van der Waals surface area (Å²) >= 11 is 0. The minimum atomic E-state index is -0.899. The fourth-order valence-electron chi connectivity index (χ4n) is 4.58. The zero-order valence-corrected chi connectivity index (χ0v) is 20.5. The maximum Gasteiger partial charge on any atom is 0.337 e. The van der Waals surface area contributed by atoms with Crippen molar-refractivity contribution in [2.24, 2.45) is 11.8 Å². The van der Waals surface area contributed by atoms with E-state index in [2.05, 4.69) is 5.32 Å². The lowest BCUT2D eigenvalue weighted by molar-refractivity contribution is -0.151. The van der Waals surface area contributed by atoms with E-state index >= 15 is 0 Å². The topological polar surface area (TPSA) is 84.9 Å². The van der Waals surface area contributed by atoms with Gasteiger partial charge in [-0.3, -0.25) is 9.59 Å². The third-order valence-electron chi connectivity index (χ3n) is 6.59. The number of nitrogens with zero attached hydrogens (tertiary/aromatic N) is 1. The second-order valence-electron chi connectivity index (χ2n) is 9.15. The van der Waals surface area contributed by atoms with Gasteiger partial charge in [-0.25, -0.2) is 4.79 Å². The van der Waals surface area contributed by atoms with Gasteiger partial charge in [0.05, 0.1) is 18.8 Å².